The molecule has 0 unspecified atom stereocenters. The number of rotatable bonds is 4. The maximum absolute atomic E-state index is 8.69. The van der Waals surface area contributed by atoms with E-state index >= 15 is 0 Å². The van der Waals surface area contributed by atoms with E-state index in [1.54, 1.807) is 11.8 Å². The number of hydrogen-bond donors (Lipinski definition) is 0. The maximum Gasteiger partial charge on any atom is 0.174 e. The van der Waals surface area contributed by atoms with Crippen molar-refractivity contribution in [2.45, 2.75) is 18.0 Å². The Morgan fingerprint density at radius 1 is 1.00 bits per heavy atom. The number of hydrogen-bond acceptors (Lipinski definition) is 4. The molecule has 0 amide bonds. The van der Waals surface area contributed by atoms with Crippen molar-refractivity contribution in [1.29, 1.82) is 5.26 Å². The van der Waals surface area contributed by atoms with Crippen LogP contribution in [-0.4, -0.2) is 20.1 Å². The average molecular weight is 318 g/mol. The second-order valence-electron chi connectivity index (χ2n) is 5.28. The van der Waals surface area contributed by atoms with Gasteiger partial charge in [-0.25, -0.2) is 9.97 Å². The van der Waals surface area contributed by atoms with E-state index in [1.165, 1.54) is 0 Å². The predicted molar refractivity (Wildman–Crippen MR) is 93.6 cm³/mol. The van der Waals surface area contributed by atoms with Crippen LogP contribution >= 0.6 is 11.8 Å². The van der Waals surface area contributed by atoms with Gasteiger partial charge in [-0.1, -0.05) is 36.0 Å². The molecule has 0 aliphatic heterocycles. The highest BCUT2D eigenvalue weighted by Gasteiger charge is 2.13. The first kappa shape index (κ1) is 14.0. The summed E-state index contributed by atoms with van der Waals surface area (Å²) in [7, 11) is 0. The van der Waals surface area contributed by atoms with E-state index in [9.17, 15) is 0 Å². The fourth-order valence-electron chi connectivity index (χ4n) is 2.73. The summed E-state index contributed by atoms with van der Waals surface area (Å²) in [6.45, 7) is 0. The van der Waals surface area contributed by atoms with Gasteiger partial charge in [0.05, 0.1) is 22.6 Å². The highest BCUT2D eigenvalue weighted by atomic mass is 32.2. The summed E-state index contributed by atoms with van der Waals surface area (Å²) < 4.78 is 2.13. The third-order valence-electron chi connectivity index (χ3n) is 3.78. The number of aromatic nitrogens is 3. The van der Waals surface area contributed by atoms with E-state index in [-0.39, 0.29) is 0 Å². The van der Waals surface area contributed by atoms with Gasteiger partial charge in [-0.15, -0.1) is 0 Å². The Morgan fingerprint density at radius 3 is 2.65 bits per heavy atom. The Kier molecular flexibility index (Phi) is 3.60. The summed E-state index contributed by atoms with van der Waals surface area (Å²) >= 11 is 1.68. The molecule has 0 fully saturated rings. The quantitative estimate of drug-likeness (QED) is 0.317. The predicted octanol–water partition coefficient (Wildman–Crippen LogP) is 4.43. The summed E-state index contributed by atoms with van der Waals surface area (Å²) in [5.41, 5.74) is 3.95. The molecule has 0 saturated carbocycles. The average Bonchev–Trinajstić information content (AvgIpc) is 2.99. The Hall–Kier alpha value is -2.58. The lowest BCUT2D eigenvalue weighted by Gasteiger charge is -2.07. The summed E-state index contributed by atoms with van der Waals surface area (Å²) in [5, 5.41) is 10.7. The Bertz CT molecular complexity index is 1050. The first-order chi connectivity index (χ1) is 11.4. The van der Waals surface area contributed by atoms with Crippen LogP contribution in [0.3, 0.4) is 0 Å². The maximum atomic E-state index is 8.69. The van der Waals surface area contributed by atoms with Crippen LogP contribution in [0.4, 0.5) is 0 Å². The van der Waals surface area contributed by atoms with Crippen molar-refractivity contribution < 1.29 is 0 Å². The summed E-state index contributed by atoms with van der Waals surface area (Å²) in [4.78, 5) is 9.63. The fourth-order valence-corrected chi connectivity index (χ4v) is 3.67. The number of benzene rings is 2. The van der Waals surface area contributed by atoms with Gasteiger partial charge >= 0.3 is 0 Å². The highest BCUT2D eigenvalue weighted by Crippen LogP contribution is 2.29. The van der Waals surface area contributed by atoms with E-state index in [0.29, 0.717) is 6.42 Å². The third kappa shape index (κ3) is 2.41. The molecule has 112 valence electrons. The van der Waals surface area contributed by atoms with Crippen LogP contribution in [0.1, 0.15) is 12.8 Å². The number of thioether (sulfide) groups is 1. The van der Waals surface area contributed by atoms with Crippen LogP contribution in [0.2, 0.25) is 0 Å². The molecule has 4 nitrogen and oxygen atoms in total. The number of fused-ring (bicyclic) bond motifs is 5. The molecule has 5 heteroatoms. The molecular weight excluding hydrogens is 304 g/mol. The largest absolute Gasteiger partial charge is 0.271 e. The van der Waals surface area contributed by atoms with Crippen LogP contribution < -0.4 is 0 Å². The molecular formula is C18H14N4S. The lowest BCUT2D eigenvalue weighted by molar-refractivity contribution is 0.934. The van der Waals surface area contributed by atoms with Crippen LogP contribution in [0.25, 0.3) is 27.6 Å². The van der Waals surface area contributed by atoms with Crippen LogP contribution in [0.15, 0.2) is 53.7 Å². The van der Waals surface area contributed by atoms with Gasteiger partial charge in [-0.05, 0) is 30.7 Å². The van der Waals surface area contributed by atoms with E-state index in [4.69, 9.17) is 15.2 Å². The zero-order chi connectivity index (χ0) is 15.6. The monoisotopic (exact) mass is 318 g/mol. The van der Waals surface area contributed by atoms with Gasteiger partial charge < -0.3 is 0 Å². The van der Waals surface area contributed by atoms with Gasteiger partial charge in [0.15, 0.2) is 5.16 Å². The smallest absolute Gasteiger partial charge is 0.174 e. The molecule has 0 atom stereocenters. The van der Waals surface area contributed by atoms with E-state index in [2.05, 4.69) is 22.6 Å². The first-order valence-corrected chi connectivity index (χ1v) is 8.53. The van der Waals surface area contributed by atoms with E-state index in [1.807, 2.05) is 36.4 Å². The first-order valence-electron chi connectivity index (χ1n) is 7.54. The lowest BCUT2D eigenvalue weighted by Crippen LogP contribution is -1.97. The fraction of sp³-hybridized carbons (Fsp3) is 0.167. The number of para-hydroxylation sites is 3. The van der Waals surface area contributed by atoms with Crippen molar-refractivity contribution in [2.75, 3.05) is 5.75 Å². The molecule has 0 aliphatic rings. The van der Waals surface area contributed by atoms with Crippen molar-refractivity contribution in [1.82, 2.24) is 14.4 Å². The molecule has 2 heterocycles. The lowest BCUT2D eigenvalue weighted by atomic mass is 10.2. The van der Waals surface area contributed by atoms with E-state index in [0.717, 1.165) is 44.9 Å². The Balaban J connectivity index is 1.96. The molecule has 2 aromatic carbocycles. The molecule has 23 heavy (non-hydrogen) atoms. The van der Waals surface area contributed by atoms with Gasteiger partial charge in [-0.3, -0.25) is 4.40 Å². The second kappa shape index (κ2) is 5.90. The molecule has 4 aromatic rings. The van der Waals surface area contributed by atoms with Crippen LogP contribution in [0.5, 0.6) is 0 Å². The number of unbranched alkanes of at least 4 members (excludes halogenated alkanes) is 1. The molecule has 0 aliphatic carbocycles. The van der Waals surface area contributed by atoms with Gasteiger partial charge in [-0.2, -0.15) is 5.26 Å². The Morgan fingerprint density at radius 2 is 1.78 bits per heavy atom. The van der Waals surface area contributed by atoms with Crippen LogP contribution in [-0.2, 0) is 0 Å². The highest BCUT2D eigenvalue weighted by molar-refractivity contribution is 7.99. The van der Waals surface area contributed by atoms with Crippen molar-refractivity contribution in [3.63, 3.8) is 0 Å². The van der Waals surface area contributed by atoms with Crippen molar-refractivity contribution in [2.24, 2.45) is 0 Å². The molecule has 0 radical (unpaired) electrons. The number of imidazole rings is 1. The van der Waals surface area contributed by atoms with Gasteiger partial charge in [0, 0.05) is 17.6 Å². The minimum atomic E-state index is 0.578. The SMILES string of the molecule is N#CCCCSc1nc2ccccc2c2nc3ccccc3n12. The van der Waals surface area contributed by atoms with Gasteiger partial charge in [0.1, 0.15) is 5.65 Å². The zero-order valence-electron chi connectivity index (χ0n) is 12.4. The number of nitrogens with zero attached hydrogens (tertiary/aromatic N) is 4. The van der Waals surface area contributed by atoms with Crippen molar-refractivity contribution in [3.8, 4) is 6.07 Å². The van der Waals surface area contributed by atoms with Gasteiger partial charge in [0.25, 0.3) is 0 Å². The van der Waals surface area contributed by atoms with Crippen molar-refractivity contribution in [3.05, 3.63) is 48.5 Å². The third-order valence-corrected chi connectivity index (χ3v) is 4.80. The van der Waals surface area contributed by atoms with Crippen molar-refractivity contribution >= 4 is 39.3 Å². The summed E-state index contributed by atoms with van der Waals surface area (Å²) in [5.74, 6) is 0.876. The van der Waals surface area contributed by atoms with E-state index < -0.39 is 0 Å². The van der Waals surface area contributed by atoms with Gasteiger partial charge in [0.2, 0.25) is 0 Å². The molecule has 0 N–H and O–H groups in total. The minimum Gasteiger partial charge on any atom is -0.271 e. The molecule has 0 spiro atoms. The molecule has 2 aromatic heterocycles. The number of nitriles is 1. The molecule has 0 saturated heterocycles. The molecule has 0 bridgehead atoms. The van der Waals surface area contributed by atoms with Crippen LogP contribution in [0, 0.1) is 11.3 Å². The standard InChI is InChI=1S/C18H14N4S/c19-11-5-6-12-23-18-21-14-8-2-1-7-13(14)17-20-15-9-3-4-10-16(15)22(17)18/h1-4,7-10H,5-6,12H2. The zero-order valence-corrected chi connectivity index (χ0v) is 13.3. The normalized spacial score (nSPS) is 11.3. The second-order valence-corrected chi connectivity index (χ2v) is 6.34. The summed E-state index contributed by atoms with van der Waals surface area (Å²) in [6, 6.07) is 18.4. The molecule has 4 rings (SSSR count). The minimum absolute atomic E-state index is 0.578. The Labute approximate surface area is 137 Å². The summed E-state index contributed by atoms with van der Waals surface area (Å²) in [6.07, 6.45) is 1.44. The topological polar surface area (TPSA) is 54.0 Å².